The van der Waals surface area contributed by atoms with Crippen molar-refractivity contribution < 1.29 is 24.5 Å². The van der Waals surface area contributed by atoms with Gasteiger partial charge in [0.1, 0.15) is 0 Å². The Bertz CT molecular complexity index is 458. The SMILES string of the molecule is CCc1c(OC)c(OC)cc(Cl)c1C(O)C(=O)O. The van der Waals surface area contributed by atoms with Crippen LogP contribution in [-0.2, 0) is 11.2 Å². The van der Waals surface area contributed by atoms with Gasteiger partial charge in [-0.2, -0.15) is 0 Å². The second-order valence-corrected chi connectivity index (χ2v) is 3.99. The predicted molar refractivity (Wildman–Crippen MR) is 66.5 cm³/mol. The van der Waals surface area contributed by atoms with Crippen LogP contribution < -0.4 is 9.47 Å². The van der Waals surface area contributed by atoms with E-state index in [1.807, 2.05) is 6.92 Å². The van der Waals surface area contributed by atoms with E-state index in [1.165, 1.54) is 20.3 Å². The maximum absolute atomic E-state index is 10.9. The molecule has 100 valence electrons. The third-order valence-electron chi connectivity index (χ3n) is 2.62. The number of carboxylic acid groups (broad SMARTS) is 1. The number of methoxy groups -OCH3 is 2. The number of rotatable bonds is 5. The summed E-state index contributed by atoms with van der Waals surface area (Å²) in [5, 5.41) is 18.7. The number of aliphatic carboxylic acids is 1. The molecule has 0 bridgehead atoms. The second kappa shape index (κ2) is 5.93. The first-order chi connectivity index (χ1) is 8.47. The predicted octanol–water partition coefficient (Wildman–Crippen LogP) is 2.04. The van der Waals surface area contributed by atoms with Gasteiger partial charge in [0.2, 0.25) is 0 Å². The van der Waals surface area contributed by atoms with Crippen molar-refractivity contribution in [2.45, 2.75) is 19.4 Å². The van der Waals surface area contributed by atoms with Crippen molar-refractivity contribution in [2.75, 3.05) is 14.2 Å². The quantitative estimate of drug-likeness (QED) is 0.859. The van der Waals surface area contributed by atoms with Gasteiger partial charge in [0, 0.05) is 17.2 Å². The maximum atomic E-state index is 10.9. The first kappa shape index (κ1) is 14.6. The lowest BCUT2D eigenvalue weighted by Gasteiger charge is -2.19. The van der Waals surface area contributed by atoms with Gasteiger partial charge in [0.05, 0.1) is 19.2 Å². The summed E-state index contributed by atoms with van der Waals surface area (Å²) >= 11 is 6.00. The molecule has 0 aliphatic carbocycles. The summed E-state index contributed by atoms with van der Waals surface area (Å²) < 4.78 is 10.3. The second-order valence-electron chi connectivity index (χ2n) is 3.58. The molecule has 0 aromatic heterocycles. The number of aliphatic hydroxyl groups is 1. The minimum absolute atomic E-state index is 0.138. The number of aliphatic hydroxyl groups excluding tert-OH is 1. The highest BCUT2D eigenvalue weighted by Crippen LogP contribution is 2.41. The van der Waals surface area contributed by atoms with E-state index in [-0.39, 0.29) is 10.6 Å². The number of ether oxygens (including phenoxy) is 2. The summed E-state index contributed by atoms with van der Waals surface area (Å²) in [6, 6.07) is 1.43. The summed E-state index contributed by atoms with van der Waals surface area (Å²) in [7, 11) is 2.91. The van der Waals surface area contributed by atoms with E-state index in [0.29, 0.717) is 23.5 Å². The van der Waals surface area contributed by atoms with E-state index in [9.17, 15) is 9.90 Å². The molecule has 0 amide bonds. The lowest BCUT2D eigenvalue weighted by atomic mass is 9.98. The molecule has 2 N–H and O–H groups in total. The molecule has 0 saturated carbocycles. The molecule has 0 fully saturated rings. The number of carbonyl (C=O) groups is 1. The lowest BCUT2D eigenvalue weighted by Crippen LogP contribution is -2.14. The van der Waals surface area contributed by atoms with Crippen LogP contribution in [0.15, 0.2) is 6.07 Å². The average molecular weight is 275 g/mol. The van der Waals surface area contributed by atoms with Crippen LogP contribution in [0.1, 0.15) is 24.2 Å². The number of benzene rings is 1. The van der Waals surface area contributed by atoms with Gasteiger partial charge in [-0.3, -0.25) is 0 Å². The summed E-state index contributed by atoms with van der Waals surface area (Å²) in [6.07, 6.45) is -1.23. The largest absolute Gasteiger partial charge is 0.493 e. The van der Waals surface area contributed by atoms with E-state index in [4.69, 9.17) is 26.2 Å². The molecule has 5 nitrogen and oxygen atoms in total. The zero-order chi connectivity index (χ0) is 13.9. The Labute approximate surface area is 110 Å². The molecule has 1 atom stereocenters. The zero-order valence-electron chi connectivity index (χ0n) is 10.4. The summed E-state index contributed by atoms with van der Waals surface area (Å²) in [5.41, 5.74) is 0.668. The molecule has 0 saturated heterocycles. The fraction of sp³-hybridized carbons (Fsp3) is 0.417. The molecule has 0 aliphatic rings. The molecule has 0 radical (unpaired) electrons. The molecule has 0 heterocycles. The van der Waals surface area contributed by atoms with Gasteiger partial charge >= 0.3 is 5.97 Å². The number of carboxylic acids is 1. The molecule has 1 aromatic rings. The van der Waals surface area contributed by atoms with Gasteiger partial charge in [-0.05, 0) is 6.42 Å². The Morgan fingerprint density at radius 3 is 2.44 bits per heavy atom. The lowest BCUT2D eigenvalue weighted by molar-refractivity contribution is -0.147. The smallest absolute Gasteiger partial charge is 0.337 e. The summed E-state index contributed by atoms with van der Waals surface area (Å²) in [4.78, 5) is 10.9. The van der Waals surface area contributed by atoms with Gasteiger partial charge in [-0.15, -0.1) is 0 Å². The Balaban J connectivity index is 3.55. The Hall–Kier alpha value is -1.46. The van der Waals surface area contributed by atoms with Crippen LogP contribution in [0.5, 0.6) is 11.5 Å². The van der Waals surface area contributed by atoms with Crippen LogP contribution in [0.25, 0.3) is 0 Å². The van der Waals surface area contributed by atoms with Crippen molar-refractivity contribution in [3.05, 3.63) is 22.2 Å². The highest BCUT2D eigenvalue weighted by molar-refractivity contribution is 6.32. The summed E-state index contributed by atoms with van der Waals surface area (Å²) in [6.45, 7) is 1.81. The molecule has 1 unspecified atom stereocenters. The fourth-order valence-corrected chi connectivity index (χ4v) is 2.14. The minimum atomic E-state index is -1.69. The van der Waals surface area contributed by atoms with Crippen molar-refractivity contribution in [1.82, 2.24) is 0 Å². The van der Waals surface area contributed by atoms with Crippen LogP contribution in [0.3, 0.4) is 0 Å². The monoisotopic (exact) mass is 274 g/mol. The van der Waals surface area contributed by atoms with Gasteiger partial charge in [0.15, 0.2) is 17.6 Å². The fourth-order valence-electron chi connectivity index (χ4n) is 1.82. The third-order valence-corrected chi connectivity index (χ3v) is 2.94. The normalized spacial score (nSPS) is 12.1. The molecular formula is C12H15ClO5. The Kier molecular flexibility index (Phi) is 4.81. The van der Waals surface area contributed by atoms with Crippen molar-refractivity contribution in [1.29, 1.82) is 0 Å². The maximum Gasteiger partial charge on any atom is 0.337 e. The molecule has 1 rings (SSSR count). The number of hydrogen-bond donors (Lipinski definition) is 2. The molecule has 0 aliphatic heterocycles. The zero-order valence-corrected chi connectivity index (χ0v) is 11.1. The number of halogens is 1. The molecular weight excluding hydrogens is 260 g/mol. The van der Waals surface area contributed by atoms with E-state index in [0.717, 1.165) is 0 Å². The van der Waals surface area contributed by atoms with E-state index < -0.39 is 12.1 Å². The minimum Gasteiger partial charge on any atom is -0.493 e. The van der Waals surface area contributed by atoms with Crippen molar-refractivity contribution >= 4 is 17.6 Å². The van der Waals surface area contributed by atoms with Crippen molar-refractivity contribution in [2.24, 2.45) is 0 Å². The highest BCUT2D eigenvalue weighted by Gasteiger charge is 2.26. The van der Waals surface area contributed by atoms with Crippen LogP contribution in [0, 0.1) is 0 Å². The standard InChI is InChI=1S/C12H15ClO5/c1-4-6-9(10(14)12(15)16)7(13)5-8(17-2)11(6)18-3/h5,10,14H,4H2,1-3H3,(H,15,16). The van der Waals surface area contributed by atoms with E-state index in [2.05, 4.69) is 0 Å². The van der Waals surface area contributed by atoms with Gasteiger partial charge in [0.25, 0.3) is 0 Å². The van der Waals surface area contributed by atoms with Gasteiger partial charge in [-0.1, -0.05) is 18.5 Å². The topological polar surface area (TPSA) is 76.0 Å². The molecule has 18 heavy (non-hydrogen) atoms. The number of hydrogen-bond acceptors (Lipinski definition) is 4. The van der Waals surface area contributed by atoms with Crippen LogP contribution in [0.4, 0.5) is 0 Å². The molecule has 6 heteroatoms. The average Bonchev–Trinajstić information content (AvgIpc) is 2.36. The Morgan fingerprint density at radius 2 is 2.06 bits per heavy atom. The molecule has 0 spiro atoms. The first-order valence-electron chi connectivity index (χ1n) is 5.32. The van der Waals surface area contributed by atoms with Crippen LogP contribution >= 0.6 is 11.6 Å². The van der Waals surface area contributed by atoms with E-state index in [1.54, 1.807) is 0 Å². The highest BCUT2D eigenvalue weighted by atomic mass is 35.5. The molecule has 1 aromatic carbocycles. The van der Waals surface area contributed by atoms with Gasteiger partial charge < -0.3 is 19.7 Å². The van der Waals surface area contributed by atoms with E-state index >= 15 is 0 Å². The Morgan fingerprint density at radius 1 is 1.44 bits per heavy atom. The van der Waals surface area contributed by atoms with Crippen molar-refractivity contribution in [3.63, 3.8) is 0 Å². The third kappa shape index (κ3) is 2.52. The van der Waals surface area contributed by atoms with Gasteiger partial charge in [-0.25, -0.2) is 4.79 Å². The first-order valence-corrected chi connectivity index (χ1v) is 5.69. The van der Waals surface area contributed by atoms with Crippen LogP contribution in [-0.4, -0.2) is 30.4 Å². The van der Waals surface area contributed by atoms with Crippen molar-refractivity contribution in [3.8, 4) is 11.5 Å². The van der Waals surface area contributed by atoms with Crippen LogP contribution in [0.2, 0.25) is 5.02 Å². The summed E-state index contributed by atoms with van der Waals surface area (Å²) in [5.74, 6) is -0.570.